The van der Waals surface area contributed by atoms with Crippen molar-refractivity contribution in [1.82, 2.24) is 5.32 Å². The van der Waals surface area contributed by atoms with Crippen molar-refractivity contribution < 1.29 is 4.79 Å². The molecule has 0 aliphatic rings. The molecule has 1 rings (SSSR count). The third-order valence-electron chi connectivity index (χ3n) is 1.76. The van der Waals surface area contributed by atoms with Gasteiger partial charge in [-0.25, -0.2) is 0 Å². The molecule has 0 aromatic heterocycles. The lowest BCUT2D eigenvalue weighted by Gasteiger charge is -2.05. The lowest BCUT2D eigenvalue weighted by molar-refractivity contribution is 0.0955. The molecule has 0 heterocycles. The van der Waals surface area contributed by atoms with Gasteiger partial charge in [0, 0.05) is 18.0 Å². The summed E-state index contributed by atoms with van der Waals surface area (Å²) in [5.41, 5.74) is 8.34. The first-order valence-electron chi connectivity index (χ1n) is 4.40. The molecule has 1 N–H and O–H groups in total. The molecule has 5 nitrogen and oxygen atoms in total. The Bertz CT molecular complexity index is 443. The van der Waals surface area contributed by atoms with Crippen LogP contribution in [0.25, 0.3) is 10.4 Å². The van der Waals surface area contributed by atoms with Crippen LogP contribution in [0.4, 0.5) is 0 Å². The van der Waals surface area contributed by atoms with E-state index in [1.807, 2.05) is 0 Å². The van der Waals surface area contributed by atoms with Gasteiger partial charge in [0.1, 0.15) is 0 Å². The number of rotatable bonds is 4. The van der Waals surface area contributed by atoms with E-state index >= 15 is 0 Å². The molecule has 0 aliphatic carbocycles. The number of hydrogen-bond donors (Lipinski definition) is 1. The van der Waals surface area contributed by atoms with Crippen LogP contribution in [0.15, 0.2) is 23.3 Å². The Balaban J connectivity index is 2.66. The van der Waals surface area contributed by atoms with Crippen LogP contribution in [-0.2, 0) is 0 Å². The Morgan fingerprint density at radius 2 is 2.25 bits per heavy atom. The van der Waals surface area contributed by atoms with Gasteiger partial charge in [-0.15, -0.1) is 0 Å². The number of nitrogens with one attached hydrogen (secondary N) is 1. The zero-order valence-electron chi connectivity index (χ0n) is 8.15. The van der Waals surface area contributed by atoms with E-state index in [4.69, 9.17) is 28.7 Å². The summed E-state index contributed by atoms with van der Waals surface area (Å²) in [5, 5.41) is 6.38. The predicted molar refractivity (Wildman–Crippen MR) is 62.8 cm³/mol. The number of nitrogens with zero attached hydrogens (tertiary/aromatic N) is 3. The minimum Gasteiger partial charge on any atom is -0.352 e. The maximum atomic E-state index is 11.6. The fourth-order valence-electron chi connectivity index (χ4n) is 1.04. The summed E-state index contributed by atoms with van der Waals surface area (Å²) >= 11 is 11.6. The van der Waals surface area contributed by atoms with Crippen molar-refractivity contribution in [2.24, 2.45) is 5.11 Å². The van der Waals surface area contributed by atoms with Crippen molar-refractivity contribution in [3.05, 3.63) is 44.3 Å². The molecule has 1 aromatic carbocycles. The van der Waals surface area contributed by atoms with Gasteiger partial charge in [-0.1, -0.05) is 34.4 Å². The van der Waals surface area contributed by atoms with E-state index in [1.54, 1.807) is 18.2 Å². The molecule has 84 valence electrons. The van der Waals surface area contributed by atoms with Crippen LogP contribution in [0.5, 0.6) is 0 Å². The molecule has 0 saturated heterocycles. The molecule has 0 saturated carbocycles. The molecule has 1 amide bonds. The molecule has 0 atom stereocenters. The number of azide groups is 1. The predicted octanol–water partition coefficient (Wildman–Crippen LogP) is 3.03. The van der Waals surface area contributed by atoms with Crippen LogP contribution in [0.3, 0.4) is 0 Å². The molecule has 16 heavy (non-hydrogen) atoms. The fraction of sp³-hybridized carbons (Fsp3) is 0.222. The van der Waals surface area contributed by atoms with E-state index in [1.165, 1.54) is 0 Å². The first kappa shape index (κ1) is 12.6. The largest absolute Gasteiger partial charge is 0.352 e. The van der Waals surface area contributed by atoms with Gasteiger partial charge in [-0.2, -0.15) is 0 Å². The van der Waals surface area contributed by atoms with E-state index < -0.39 is 0 Å². The van der Waals surface area contributed by atoms with E-state index in [2.05, 4.69) is 15.3 Å². The normalized spacial score (nSPS) is 9.38. The highest BCUT2D eigenvalue weighted by Crippen LogP contribution is 2.25. The fourth-order valence-corrected chi connectivity index (χ4v) is 1.42. The number of benzene rings is 1. The van der Waals surface area contributed by atoms with Gasteiger partial charge in [-0.05, 0) is 17.7 Å². The summed E-state index contributed by atoms with van der Waals surface area (Å²) in [6.45, 7) is 0.451. The van der Waals surface area contributed by atoms with Crippen LogP contribution >= 0.6 is 23.2 Å². The number of hydrogen-bond acceptors (Lipinski definition) is 2. The quantitative estimate of drug-likeness (QED) is 0.383. The summed E-state index contributed by atoms with van der Waals surface area (Å²) in [6.07, 6.45) is 0. The van der Waals surface area contributed by atoms with Crippen molar-refractivity contribution in [3.63, 3.8) is 0 Å². The molecule has 0 spiro atoms. The second-order valence-electron chi connectivity index (χ2n) is 2.81. The Labute approximate surface area is 102 Å². The van der Waals surface area contributed by atoms with Gasteiger partial charge in [0.2, 0.25) is 0 Å². The Morgan fingerprint density at radius 3 is 2.94 bits per heavy atom. The molecule has 0 bridgehead atoms. The topological polar surface area (TPSA) is 77.9 Å². The zero-order valence-corrected chi connectivity index (χ0v) is 9.66. The molecular formula is C9H8Cl2N4O. The van der Waals surface area contributed by atoms with Crippen LogP contribution in [-0.4, -0.2) is 19.0 Å². The number of amides is 1. The molecule has 0 fully saturated rings. The van der Waals surface area contributed by atoms with E-state index in [0.29, 0.717) is 10.6 Å². The maximum Gasteiger partial charge on any atom is 0.252 e. The van der Waals surface area contributed by atoms with Crippen molar-refractivity contribution in [1.29, 1.82) is 0 Å². The summed E-state index contributed by atoms with van der Waals surface area (Å²) in [5.74, 6) is -0.347. The van der Waals surface area contributed by atoms with Crippen molar-refractivity contribution in [2.45, 2.75) is 0 Å². The Kier molecular flexibility index (Phi) is 4.92. The lowest BCUT2D eigenvalue weighted by Crippen LogP contribution is -2.26. The standard InChI is InChI=1S/C9H8Cl2N4O/c10-7-3-1-2-6(8(7)11)9(16)13-4-5-14-15-12/h1-3H,4-5H2,(H,13,16). The van der Waals surface area contributed by atoms with Crippen LogP contribution in [0.2, 0.25) is 10.0 Å². The molecule has 0 unspecified atom stereocenters. The van der Waals surface area contributed by atoms with E-state index in [-0.39, 0.29) is 24.0 Å². The third kappa shape index (κ3) is 3.31. The van der Waals surface area contributed by atoms with Crippen LogP contribution in [0, 0.1) is 0 Å². The average molecular weight is 259 g/mol. The van der Waals surface area contributed by atoms with Gasteiger partial charge in [0.05, 0.1) is 15.6 Å². The monoisotopic (exact) mass is 258 g/mol. The van der Waals surface area contributed by atoms with Gasteiger partial charge < -0.3 is 5.32 Å². The SMILES string of the molecule is [N-]=[N+]=NCCNC(=O)c1cccc(Cl)c1Cl. The van der Waals surface area contributed by atoms with Crippen LogP contribution in [0.1, 0.15) is 10.4 Å². The highest BCUT2D eigenvalue weighted by atomic mass is 35.5. The summed E-state index contributed by atoms with van der Waals surface area (Å²) in [7, 11) is 0. The molecular weight excluding hydrogens is 251 g/mol. The van der Waals surface area contributed by atoms with E-state index in [0.717, 1.165) is 0 Å². The summed E-state index contributed by atoms with van der Waals surface area (Å²) in [4.78, 5) is 14.2. The highest BCUT2D eigenvalue weighted by Gasteiger charge is 2.11. The lowest BCUT2D eigenvalue weighted by atomic mass is 10.2. The first-order valence-corrected chi connectivity index (χ1v) is 5.15. The van der Waals surface area contributed by atoms with Gasteiger partial charge in [0.25, 0.3) is 5.91 Å². The number of halogens is 2. The molecule has 0 radical (unpaired) electrons. The highest BCUT2D eigenvalue weighted by molar-refractivity contribution is 6.43. The Morgan fingerprint density at radius 1 is 1.50 bits per heavy atom. The number of carbonyl (C=O) groups excluding carboxylic acids is 1. The van der Waals surface area contributed by atoms with Crippen molar-refractivity contribution in [2.75, 3.05) is 13.1 Å². The van der Waals surface area contributed by atoms with Gasteiger partial charge in [0.15, 0.2) is 0 Å². The molecule has 1 aromatic rings. The van der Waals surface area contributed by atoms with Crippen molar-refractivity contribution >= 4 is 29.1 Å². The Hall–Kier alpha value is -1.42. The maximum absolute atomic E-state index is 11.6. The van der Waals surface area contributed by atoms with Crippen LogP contribution < -0.4 is 5.32 Å². The smallest absolute Gasteiger partial charge is 0.252 e. The first-order chi connectivity index (χ1) is 7.66. The molecule has 0 aliphatic heterocycles. The minimum absolute atomic E-state index is 0.195. The summed E-state index contributed by atoms with van der Waals surface area (Å²) < 4.78 is 0. The summed E-state index contributed by atoms with van der Waals surface area (Å²) in [6, 6.07) is 4.80. The molecule has 7 heteroatoms. The third-order valence-corrected chi connectivity index (χ3v) is 2.58. The second-order valence-corrected chi connectivity index (χ2v) is 3.60. The van der Waals surface area contributed by atoms with E-state index in [9.17, 15) is 4.79 Å². The van der Waals surface area contributed by atoms with Gasteiger partial charge >= 0.3 is 0 Å². The van der Waals surface area contributed by atoms with Crippen molar-refractivity contribution in [3.8, 4) is 0 Å². The minimum atomic E-state index is -0.347. The van der Waals surface area contributed by atoms with Gasteiger partial charge in [-0.3, -0.25) is 4.79 Å². The number of carbonyl (C=O) groups is 1. The zero-order chi connectivity index (χ0) is 12.0. The average Bonchev–Trinajstić information content (AvgIpc) is 2.28. The second kappa shape index (κ2) is 6.23.